The average molecular weight is 328 g/mol. The van der Waals surface area contributed by atoms with Gasteiger partial charge < -0.3 is 20.6 Å². The van der Waals surface area contributed by atoms with E-state index in [1.165, 1.54) is 6.26 Å². The molecule has 0 atom stereocenters. The summed E-state index contributed by atoms with van der Waals surface area (Å²) in [5.41, 5.74) is 12.8. The molecule has 3 heterocycles. The maximum atomic E-state index is 12.0. The second kappa shape index (κ2) is 5.62. The van der Waals surface area contributed by atoms with Crippen LogP contribution in [0.3, 0.4) is 0 Å². The highest BCUT2D eigenvalue weighted by atomic mass is 32.1. The summed E-state index contributed by atoms with van der Waals surface area (Å²) in [7, 11) is 0. The molecule has 0 unspecified atom stereocenters. The molecule has 4 N–H and O–H groups in total. The molecule has 0 amide bonds. The van der Waals surface area contributed by atoms with Gasteiger partial charge in [0.1, 0.15) is 32.9 Å². The monoisotopic (exact) mass is 328 g/mol. The van der Waals surface area contributed by atoms with E-state index < -0.39 is 5.97 Å². The Morgan fingerprint density at radius 1 is 1.52 bits per heavy atom. The van der Waals surface area contributed by atoms with Gasteiger partial charge in [-0.15, -0.1) is 11.3 Å². The highest BCUT2D eigenvalue weighted by Gasteiger charge is 2.25. The second-order valence-corrected chi connectivity index (χ2v) is 5.58. The predicted molar refractivity (Wildman–Crippen MR) is 86.8 cm³/mol. The lowest BCUT2D eigenvalue weighted by Crippen LogP contribution is -2.05. The molecule has 3 aromatic heterocycles. The van der Waals surface area contributed by atoms with Crippen molar-refractivity contribution in [2.24, 2.45) is 0 Å². The second-order valence-electron chi connectivity index (χ2n) is 4.58. The molecule has 3 rings (SSSR count). The molecule has 0 saturated heterocycles. The SMILES string of the molecule is CCOC(=O)c1sc2nc(N)c(C#N)c(-c3ccco3)c2c1N. The number of fused-ring (bicyclic) bond motifs is 1. The Morgan fingerprint density at radius 2 is 2.30 bits per heavy atom. The van der Waals surface area contributed by atoms with Gasteiger partial charge >= 0.3 is 5.97 Å². The number of nitrogen functional groups attached to an aromatic ring is 2. The number of furan rings is 1. The highest BCUT2D eigenvalue weighted by molar-refractivity contribution is 7.21. The molecule has 0 aromatic carbocycles. The van der Waals surface area contributed by atoms with Crippen molar-refractivity contribution in [3.8, 4) is 17.4 Å². The van der Waals surface area contributed by atoms with Gasteiger partial charge in [-0.2, -0.15) is 5.26 Å². The summed E-state index contributed by atoms with van der Waals surface area (Å²) in [6, 6.07) is 5.40. The summed E-state index contributed by atoms with van der Waals surface area (Å²) in [5.74, 6) is -0.0425. The van der Waals surface area contributed by atoms with Crippen molar-refractivity contribution in [2.75, 3.05) is 18.1 Å². The van der Waals surface area contributed by atoms with E-state index in [1.54, 1.807) is 19.1 Å². The van der Waals surface area contributed by atoms with Gasteiger partial charge in [-0.05, 0) is 19.1 Å². The van der Waals surface area contributed by atoms with Gasteiger partial charge in [0.15, 0.2) is 0 Å². The number of thiophene rings is 1. The smallest absolute Gasteiger partial charge is 0.350 e. The van der Waals surface area contributed by atoms with Crippen LogP contribution in [0.5, 0.6) is 0 Å². The van der Waals surface area contributed by atoms with Gasteiger partial charge in [0.05, 0.1) is 24.1 Å². The minimum absolute atomic E-state index is 0.0584. The molecule has 0 aliphatic heterocycles. The molecule has 0 bridgehead atoms. The van der Waals surface area contributed by atoms with Gasteiger partial charge in [0.25, 0.3) is 0 Å². The van der Waals surface area contributed by atoms with E-state index in [9.17, 15) is 10.1 Å². The Kier molecular flexibility index (Phi) is 3.64. The first-order valence-electron chi connectivity index (χ1n) is 6.71. The minimum Gasteiger partial charge on any atom is -0.464 e. The molecular weight excluding hydrogens is 316 g/mol. The van der Waals surface area contributed by atoms with E-state index in [0.29, 0.717) is 21.5 Å². The first-order valence-corrected chi connectivity index (χ1v) is 7.52. The Labute approximate surface area is 135 Å². The van der Waals surface area contributed by atoms with Crippen LogP contribution >= 0.6 is 11.3 Å². The molecule has 0 spiro atoms. The fourth-order valence-electron chi connectivity index (χ4n) is 2.30. The Hall–Kier alpha value is -3.05. The van der Waals surface area contributed by atoms with Crippen molar-refractivity contribution < 1.29 is 13.9 Å². The molecule has 0 aliphatic carbocycles. The molecule has 0 radical (unpaired) electrons. The van der Waals surface area contributed by atoms with E-state index in [4.69, 9.17) is 20.6 Å². The Balaban J connectivity index is 2.39. The zero-order chi connectivity index (χ0) is 16.6. The number of carbonyl (C=O) groups is 1. The number of pyridine rings is 1. The number of anilines is 2. The van der Waals surface area contributed by atoms with Crippen molar-refractivity contribution in [3.63, 3.8) is 0 Å². The zero-order valence-corrected chi connectivity index (χ0v) is 12.9. The van der Waals surface area contributed by atoms with Gasteiger partial charge in [-0.1, -0.05) is 0 Å². The van der Waals surface area contributed by atoms with Crippen LogP contribution in [0.4, 0.5) is 11.5 Å². The fraction of sp³-hybridized carbons (Fsp3) is 0.133. The summed E-state index contributed by atoms with van der Waals surface area (Å²) in [5, 5.41) is 9.88. The number of nitriles is 1. The van der Waals surface area contributed by atoms with Crippen molar-refractivity contribution in [3.05, 3.63) is 28.8 Å². The minimum atomic E-state index is -0.532. The van der Waals surface area contributed by atoms with E-state index in [-0.39, 0.29) is 28.6 Å². The van der Waals surface area contributed by atoms with Gasteiger partial charge in [0.2, 0.25) is 0 Å². The molecule has 3 aromatic rings. The first-order chi connectivity index (χ1) is 11.1. The topological polar surface area (TPSA) is 128 Å². The van der Waals surface area contributed by atoms with E-state index in [2.05, 4.69) is 4.98 Å². The number of nitrogens with two attached hydrogens (primary N) is 2. The number of nitrogens with zero attached hydrogens (tertiary/aromatic N) is 2. The third-order valence-electron chi connectivity index (χ3n) is 3.24. The largest absolute Gasteiger partial charge is 0.464 e. The maximum absolute atomic E-state index is 12.0. The van der Waals surface area contributed by atoms with Crippen molar-refractivity contribution in [2.45, 2.75) is 6.92 Å². The molecule has 8 heteroatoms. The molecule has 0 aliphatic rings. The van der Waals surface area contributed by atoms with Crippen molar-refractivity contribution >= 4 is 39.0 Å². The molecule has 0 saturated carbocycles. The quantitative estimate of drug-likeness (QED) is 0.707. The average Bonchev–Trinajstić information content (AvgIpc) is 3.15. The maximum Gasteiger partial charge on any atom is 0.350 e. The van der Waals surface area contributed by atoms with E-state index in [1.807, 2.05) is 6.07 Å². The van der Waals surface area contributed by atoms with Crippen molar-refractivity contribution in [1.29, 1.82) is 5.26 Å². The van der Waals surface area contributed by atoms with Crippen LogP contribution in [-0.4, -0.2) is 17.6 Å². The third kappa shape index (κ3) is 2.27. The molecule has 0 fully saturated rings. The van der Waals surface area contributed by atoms with Crippen LogP contribution in [0.15, 0.2) is 22.8 Å². The van der Waals surface area contributed by atoms with E-state index >= 15 is 0 Å². The lowest BCUT2D eigenvalue weighted by Gasteiger charge is -2.06. The molecule has 7 nitrogen and oxygen atoms in total. The van der Waals surface area contributed by atoms with Gasteiger partial charge in [0, 0.05) is 5.39 Å². The lowest BCUT2D eigenvalue weighted by molar-refractivity contribution is 0.0533. The zero-order valence-electron chi connectivity index (χ0n) is 12.1. The summed E-state index contributed by atoms with van der Waals surface area (Å²) in [6.45, 7) is 1.94. The summed E-state index contributed by atoms with van der Waals surface area (Å²) in [6.07, 6.45) is 1.48. The van der Waals surface area contributed by atoms with Crippen LogP contribution in [0.1, 0.15) is 22.2 Å². The van der Waals surface area contributed by atoms with Crippen LogP contribution in [0, 0.1) is 11.3 Å². The molecular formula is C15H12N4O3S. The number of ether oxygens (including phenoxy) is 1. The number of rotatable bonds is 3. The van der Waals surface area contributed by atoms with E-state index in [0.717, 1.165) is 11.3 Å². The Morgan fingerprint density at radius 3 is 2.91 bits per heavy atom. The van der Waals surface area contributed by atoms with Crippen LogP contribution in [0.25, 0.3) is 21.5 Å². The fourth-order valence-corrected chi connectivity index (χ4v) is 3.30. The van der Waals surface area contributed by atoms with Gasteiger partial charge in [-0.25, -0.2) is 9.78 Å². The predicted octanol–water partition coefficient (Wildman–Crippen LogP) is 2.77. The standard InChI is InChI=1S/C15H12N4O3S/c1-2-21-15(20)12-11(17)10-9(8-4-3-5-22-8)7(6-16)13(18)19-14(10)23-12/h3-5H,2,17H2,1H3,(H2,18,19). The number of aromatic nitrogens is 1. The van der Waals surface area contributed by atoms with Gasteiger partial charge in [-0.3, -0.25) is 0 Å². The summed E-state index contributed by atoms with van der Waals surface area (Å²) >= 11 is 1.08. The number of esters is 1. The van der Waals surface area contributed by atoms with Crippen LogP contribution < -0.4 is 11.5 Å². The lowest BCUT2D eigenvalue weighted by atomic mass is 10.0. The van der Waals surface area contributed by atoms with Crippen LogP contribution in [-0.2, 0) is 4.74 Å². The van der Waals surface area contributed by atoms with Crippen LogP contribution in [0.2, 0.25) is 0 Å². The highest BCUT2D eigenvalue weighted by Crippen LogP contribution is 2.42. The molecule has 23 heavy (non-hydrogen) atoms. The first kappa shape index (κ1) is 14.9. The molecule has 116 valence electrons. The number of hydrogen-bond acceptors (Lipinski definition) is 8. The number of hydrogen-bond donors (Lipinski definition) is 2. The third-order valence-corrected chi connectivity index (χ3v) is 4.32. The summed E-state index contributed by atoms with van der Waals surface area (Å²) < 4.78 is 10.4. The normalized spacial score (nSPS) is 10.6. The Bertz CT molecular complexity index is 938. The summed E-state index contributed by atoms with van der Waals surface area (Å²) in [4.78, 5) is 16.9. The van der Waals surface area contributed by atoms with Crippen molar-refractivity contribution in [1.82, 2.24) is 4.98 Å². The number of carbonyl (C=O) groups excluding carboxylic acids is 1.